The van der Waals surface area contributed by atoms with E-state index in [1.165, 1.54) is 6.20 Å². The van der Waals surface area contributed by atoms with Crippen molar-refractivity contribution < 1.29 is 4.84 Å². The second-order valence-corrected chi connectivity index (χ2v) is 5.97. The smallest absolute Gasteiger partial charge is 0.162 e. The minimum atomic E-state index is 0.404. The molecule has 3 rings (SSSR count). The van der Waals surface area contributed by atoms with E-state index in [4.69, 9.17) is 10.6 Å². The van der Waals surface area contributed by atoms with E-state index in [1.54, 1.807) is 13.2 Å². The number of pyridine rings is 1. The third-order valence-corrected chi connectivity index (χ3v) is 4.04. The molecule has 0 radical (unpaired) electrons. The van der Waals surface area contributed by atoms with Crippen LogP contribution in [0, 0.1) is 30.1 Å². The highest BCUT2D eigenvalue weighted by molar-refractivity contribution is 5.74. The molecule has 4 N–H and O–H groups in total. The highest BCUT2D eigenvalue weighted by atomic mass is 16.6. The van der Waals surface area contributed by atoms with Gasteiger partial charge in [0.05, 0.1) is 22.4 Å². The van der Waals surface area contributed by atoms with E-state index in [9.17, 15) is 5.26 Å². The molecule has 138 valence electrons. The summed E-state index contributed by atoms with van der Waals surface area (Å²) in [5, 5.41) is 12.8. The second kappa shape index (κ2) is 8.59. The number of hydrogen-bond acceptors (Lipinski definition) is 6. The van der Waals surface area contributed by atoms with Gasteiger partial charge in [0.1, 0.15) is 6.07 Å². The molecule has 0 spiro atoms. The van der Waals surface area contributed by atoms with Crippen LogP contribution in [-0.2, 0) is 0 Å². The summed E-state index contributed by atoms with van der Waals surface area (Å²) < 4.78 is 0. The summed E-state index contributed by atoms with van der Waals surface area (Å²) in [5.41, 5.74) is 13.3. The lowest BCUT2D eigenvalue weighted by Crippen LogP contribution is -2.11. The van der Waals surface area contributed by atoms with E-state index in [0.717, 1.165) is 11.3 Å². The van der Waals surface area contributed by atoms with Crippen molar-refractivity contribution in [3.63, 3.8) is 0 Å². The Hall–Kier alpha value is -4.00. The molecule has 0 amide bonds. The van der Waals surface area contributed by atoms with Gasteiger partial charge in [0.15, 0.2) is 5.75 Å². The number of aryl methyl sites for hydroxylation is 1. The monoisotopic (exact) mass is 369 g/mol. The number of nitriles is 1. The van der Waals surface area contributed by atoms with Crippen LogP contribution in [0.25, 0.3) is 0 Å². The molecular formula is C22H19N5O. The number of nitrogen functional groups attached to an aromatic ring is 1. The van der Waals surface area contributed by atoms with Crippen LogP contribution in [0.4, 0.5) is 17.1 Å². The maximum atomic E-state index is 9.49. The normalized spacial score (nSPS) is 9.75. The van der Waals surface area contributed by atoms with Crippen LogP contribution >= 0.6 is 0 Å². The van der Waals surface area contributed by atoms with Crippen LogP contribution in [-0.4, -0.2) is 12.0 Å². The Kier molecular flexibility index (Phi) is 5.76. The molecule has 6 heteroatoms. The SMILES string of the molecule is CNOc1ccccc1C#Cc1cncc(C#N)c1Nc1ccc(N)c(C)c1. The van der Waals surface area contributed by atoms with Gasteiger partial charge in [-0.15, -0.1) is 0 Å². The fraction of sp³-hybridized carbons (Fsp3) is 0.0909. The predicted octanol–water partition coefficient (Wildman–Crippen LogP) is 3.50. The molecular weight excluding hydrogens is 350 g/mol. The number of para-hydroxylation sites is 1. The maximum absolute atomic E-state index is 9.49. The van der Waals surface area contributed by atoms with Crippen molar-refractivity contribution in [3.8, 4) is 23.7 Å². The fourth-order valence-corrected chi connectivity index (χ4v) is 2.58. The Bertz CT molecular complexity index is 1110. The molecule has 28 heavy (non-hydrogen) atoms. The van der Waals surface area contributed by atoms with Gasteiger partial charge in [-0.25, -0.2) is 0 Å². The third-order valence-electron chi connectivity index (χ3n) is 4.04. The molecule has 0 saturated carbocycles. The zero-order chi connectivity index (χ0) is 19.9. The average molecular weight is 369 g/mol. The number of nitrogens with zero attached hydrogens (tertiary/aromatic N) is 2. The predicted molar refractivity (Wildman–Crippen MR) is 110 cm³/mol. The standard InChI is InChI=1S/C22H19N5O/c1-15-11-19(9-10-20(15)24)27-22-17(13-26-14-18(22)12-23)8-7-16-5-3-4-6-21(16)28-25-2/h3-6,9-11,13-14,25H,24H2,1-2H3,(H,26,27). The van der Waals surface area contributed by atoms with Crippen molar-refractivity contribution in [2.45, 2.75) is 6.92 Å². The first-order chi connectivity index (χ1) is 13.6. The number of nitrogens with two attached hydrogens (primary N) is 1. The summed E-state index contributed by atoms with van der Waals surface area (Å²) in [4.78, 5) is 9.50. The van der Waals surface area contributed by atoms with E-state index in [-0.39, 0.29) is 0 Å². The third kappa shape index (κ3) is 4.21. The second-order valence-electron chi connectivity index (χ2n) is 5.97. The van der Waals surface area contributed by atoms with Gasteiger partial charge in [-0.3, -0.25) is 4.98 Å². The molecule has 0 atom stereocenters. The first-order valence-corrected chi connectivity index (χ1v) is 8.58. The summed E-state index contributed by atoms with van der Waals surface area (Å²) in [5.74, 6) is 6.79. The highest BCUT2D eigenvalue weighted by Gasteiger charge is 2.09. The van der Waals surface area contributed by atoms with Crippen molar-refractivity contribution in [3.05, 3.63) is 77.1 Å². The van der Waals surface area contributed by atoms with Crippen molar-refractivity contribution >= 4 is 17.1 Å². The molecule has 3 aromatic rings. The molecule has 0 aliphatic carbocycles. The van der Waals surface area contributed by atoms with E-state index in [2.05, 4.69) is 33.7 Å². The molecule has 0 aliphatic heterocycles. The summed E-state index contributed by atoms with van der Waals surface area (Å²) in [6.45, 7) is 1.93. The zero-order valence-electron chi connectivity index (χ0n) is 15.6. The fourth-order valence-electron chi connectivity index (χ4n) is 2.58. The molecule has 0 bridgehead atoms. The molecule has 1 aromatic heterocycles. The van der Waals surface area contributed by atoms with Crippen molar-refractivity contribution in [1.82, 2.24) is 10.5 Å². The number of hydrogen-bond donors (Lipinski definition) is 3. The minimum absolute atomic E-state index is 0.404. The number of anilines is 3. The van der Waals surface area contributed by atoms with Gasteiger partial charge in [0.25, 0.3) is 0 Å². The van der Waals surface area contributed by atoms with Gasteiger partial charge in [-0.1, -0.05) is 24.0 Å². The first kappa shape index (κ1) is 18.8. The summed E-state index contributed by atoms with van der Waals surface area (Å²) in [7, 11) is 1.68. The first-order valence-electron chi connectivity index (χ1n) is 8.58. The average Bonchev–Trinajstić information content (AvgIpc) is 2.71. The Morgan fingerprint density at radius 3 is 2.54 bits per heavy atom. The summed E-state index contributed by atoms with van der Waals surface area (Å²) in [6.07, 6.45) is 3.14. The van der Waals surface area contributed by atoms with E-state index in [0.29, 0.717) is 33.8 Å². The van der Waals surface area contributed by atoms with Crippen LogP contribution in [0.1, 0.15) is 22.3 Å². The minimum Gasteiger partial charge on any atom is -0.408 e. The number of benzene rings is 2. The lowest BCUT2D eigenvalue weighted by atomic mass is 10.1. The lowest BCUT2D eigenvalue weighted by Gasteiger charge is -2.11. The van der Waals surface area contributed by atoms with E-state index < -0.39 is 0 Å². The molecule has 1 heterocycles. The van der Waals surface area contributed by atoms with Gasteiger partial charge in [-0.05, 0) is 42.8 Å². The molecule has 0 fully saturated rings. The quantitative estimate of drug-likeness (QED) is 0.370. The molecule has 2 aromatic carbocycles. The van der Waals surface area contributed by atoms with Crippen molar-refractivity contribution in [2.24, 2.45) is 0 Å². The van der Waals surface area contributed by atoms with Gasteiger partial charge < -0.3 is 15.9 Å². The van der Waals surface area contributed by atoms with Gasteiger partial charge in [0.2, 0.25) is 0 Å². The summed E-state index contributed by atoms with van der Waals surface area (Å²) >= 11 is 0. The summed E-state index contributed by atoms with van der Waals surface area (Å²) in [6, 6.07) is 15.2. The van der Waals surface area contributed by atoms with Crippen molar-refractivity contribution in [1.29, 1.82) is 5.26 Å². The Labute approximate surface area is 163 Å². The molecule has 0 unspecified atom stereocenters. The lowest BCUT2D eigenvalue weighted by molar-refractivity contribution is 0.223. The van der Waals surface area contributed by atoms with E-state index >= 15 is 0 Å². The number of rotatable bonds is 4. The molecule has 0 saturated heterocycles. The van der Waals surface area contributed by atoms with Crippen LogP contribution in [0.15, 0.2) is 54.9 Å². The molecule has 0 aliphatic rings. The number of nitrogens with one attached hydrogen (secondary N) is 2. The highest BCUT2D eigenvalue weighted by Crippen LogP contribution is 2.26. The maximum Gasteiger partial charge on any atom is 0.162 e. The van der Waals surface area contributed by atoms with Gasteiger partial charge in [-0.2, -0.15) is 10.7 Å². The van der Waals surface area contributed by atoms with E-state index in [1.807, 2.05) is 49.4 Å². The van der Waals surface area contributed by atoms with Crippen LogP contribution in [0.2, 0.25) is 0 Å². The van der Waals surface area contributed by atoms with Crippen LogP contribution in [0.5, 0.6) is 5.75 Å². The molecule has 6 nitrogen and oxygen atoms in total. The van der Waals surface area contributed by atoms with Crippen LogP contribution < -0.4 is 21.4 Å². The Morgan fingerprint density at radius 2 is 1.79 bits per heavy atom. The number of hydroxylamine groups is 1. The van der Waals surface area contributed by atoms with Gasteiger partial charge in [0, 0.05) is 30.8 Å². The zero-order valence-corrected chi connectivity index (χ0v) is 15.6. The van der Waals surface area contributed by atoms with Gasteiger partial charge >= 0.3 is 0 Å². The Balaban J connectivity index is 2.02. The Morgan fingerprint density at radius 1 is 1.04 bits per heavy atom. The number of aromatic nitrogens is 1. The van der Waals surface area contributed by atoms with Crippen molar-refractivity contribution in [2.75, 3.05) is 18.1 Å². The van der Waals surface area contributed by atoms with Crippen LogP contribution in [0.3, 0.4) is 0 Å². The topological polar surface area (TPSA) is 96.0 Å². The largest absolute Gasteiger partial charge is 0.408 e.